The number of nitrogens with one attached hydrogen (secondary N) is 1. The van der Waals surface area contributed by atoms with Crippen LogP contribution in [0, 0.1) is 6.92 Å². The van der Waals surface area contributed by atoms with Gasteiger partial charge < -0.3 is 20.2 Å². The summed E-state index contributed by atoms with van der Waals surface area (Å²) in [6, 6.07) is 3.85. The van der Waals surface area contributed by atoms with Crippen LogP contribution in [0.3, 0.4) is 0 Å². The third-order valence-electron chi connectivity index (χ3n) is 2.65. The largest absolute Gasteiger partial charge is 0.454 e. The van der Waals surface area contributed by atoms with Gasteiger partial charge in [0.15, 0.2) is 17.4 Å². The molecule has 2 heterocycles. The van der Waals surface area contributed by atoms with Crippen molar-refractivity contribution < 1.29 is 9.47 Å². The zero-order chi connectivity index (χ0) is 12.0. The SMILES string of the molecule is Cc1cc2c(cc1-c1nc(N)[nH]c1Br)OCO2. The van der Waals surface area contributed by atoms with E-state index in [0.717, 1.165) is 32.9 Å². The fourth-order valence-corrected chi connectivity index (χ4v) is 2.35. The summed E-state index contributed by atoms with van der Waals surface area (Å²) in [5.41, 5.74) is 8.43. The molecule has 1 aliphatic rings. The minimum Gasteiger partial charge on any atom is -0.454 e. The zero-order valence-electron chi connectivity index (χ0n) is 9.08. The van der Waals surface area contributed by atoms with Crippen molar-refractivity contribution in [3.05, 3.63) is 22.3 Å². The molecule has 0 amide bonds. The number of hydrogen-bond donors (Lipinski definition) is 2. The third kappa shape index (κ3) is 1.64. The van der Waals surface area contributed by atoms with E-state index in [1.807, 2.05) is 19.1 Å². The molecule has 0 saturated heterocycles. The molecule has 3 rings (SSSR count). The lowest BCUT2D eigenvalue weighted by atomic mass is 10.1. The maximum Gasteiger partial charge on any atom is 0.231 e. The maximum atomic E-state index is 5.63. The zero-order valence-corrected chi connectivity index (χ0v) is 10.7. The van der Waals surface area contributed by atoms with Crippen molar-refractivity contribution in [3.8, 4) is 22.8 Å². The fraction of sp³-hybridized carbons (Fsp3) is 0.182. The van der Waals surface area contributed by atoms with E-state index in [9.17, 15) is 0 Å². The molecule has 6 heteroatoms. The molecule has 1 aromatic carbocycles. The molecule has 17 heavy (non-hydrogen) atoms. The number of halogens is 1. The first-order chi connectivity index (χ1) is 8.15. The summed E-state index contributed by atoms with van der Waals surface area (Å²) in [4.78, 5) is 7.16. The van der Waals surface area contributed by atoms with Crippen LogP contribution in [0.1, 0.15) is 5.56 Å². The van der Waals surface area contributed by atoms with Gasteiger partial charge in [-0.3, -0.25) is 0 Å². The highest BCUT2D eigenvalue weighted by molar-refractivity contribution is 9.10. The first kappa shape index (κ1) is 10.5. The van der Waals surface area contributed by atoms with Gasteiger partial charge in [-0.2, -0.15) is 0 Å². The standard InChI is InChI=1S/C11H10BrN3O2/c1-5-2-7-8(17-4-16-7)3-6(5)9-10(12)15-11(13)14-9/h2-3H,4H2,1H3,(H3,13,14,15). The van der Waals surface area contributed by atoms with Crippen LogP contribution in [0.15, 0.2) is 16.7 Å². The number of imidazole rings is 1. The molecule has 0 spiro atoms. The van der Waals surface area contributed by atoms with E-state index in [0.29, 0.717) is 5.95 Å². The van der Waals surface area contributed by atoms with Crippen molar-refractivity contribution in [3.63, 3.8) is 0 Å². The van der Waals surface area contributed by atoms with Crippen LogP contribution in [0.25, 0.3) is 11.3 Å². The normalized spacial score (nSPS) is 13.1. The van der Waals surface area contributed by atoms with Gasteiger partial charge in [0.25, 0.3) is 0 Å². The van der Waals surface area contributed by atoms with Crippen molar-refractivity contribution in [1.82, 2.24) is 9.97 Å². The van der Waals surface area contributed by atoms with Gasteiger partial charge in [-0.1, -0.05) is 0 Å². The summed E-state index contributed by atoms with van der Waals surface area (Å²) < 4.78 is 11.4. The van der Waals surface area contributed by atoms with Crippen LogP contribution in [0.5, 0.6) is 11.5 Å². The van der Waals surface area contributed by atoms with Crippen LogP contribution >= 0.6 is 15.9 Å². The molecule has 0 fully saturated rings. The molecule has 0 radical (unpaired) electrons. The average Bonchev–Trinajstić information content (AvgIpc) is 2.83. The Kier molecular flexibility index (Phi) is 2.25. The molecule has 0 aliphatic carbocycles. The van der Waals surface area contributed by atoms with E-state index >= 15 is 0 Å². The smallest absolute Gasteiger partial charge is 0.231 e. The van der Waals surface area contributed by atoms with Crippen molar-refractivity contribution in [2.75, 3.05) is 12.5 Å². The average molecular weight is 296 g/mol. The number of aromatic amines is 1. The summed E-state index contributed by atoms with van der Waals surface area (Å²) in [5, 5.41) is 0. The fourth-order valence-electron chi connectivity index (χ4n) is 1.85. The molecule has 5 nitrogen and oxygen atoms in total. The Morgan fingerprint density at radius 2 is 2.06 bits per heavy atom. The molecule has 0 atom stereocenters. The van der Waals surface area contributed by atoms with Crippen LogP contribution in [-0.4, -0.2) is 16.8 Å². The second-order valence-corrected chi connectivity index (χ2v) is 4.60. The van der Waals surface area contributed by atoms with E-state index in [1.165, 1.54) is 0 Å². The Labute approximate surface area is 106 Å². The lowest BCUT2D eigenvalue weighted by Crippen LogP contribution is -1.92. The van der Waals surface area contributed by atoms with Gasteiger partial charge in [0.2, 0.25) is 6.79 Å². The quantitative estimate of drug-likeness (QED) is 0.848. The van der Waals surface area contributed by atoms with Gasteiger partial charge in [-0.15, -0.1) is 0 Å². The first-order valence-corrected chi connectivity index (χ1v) is 5.86. The van der Waals surface area contributed by atoms with E-state index in [-0.39, 0.29) is 6.79 Å². The Hall–Kier alpha value is -1.69. The molecular formula is C11H10BrN3O2. The van der Waals surface area contributed by atoms with Crippen LogP contribution in [-0.2, 0) is 0 Å². The van der Waals surface area contributed by atoms with Crippen molar-refractivity contribution in [2.45, 2.75) is 6.92 Å². The number of H-pyrrole nitrogens is 1. The lowest BCUT2D eigenvalue weighted by Gasteiger charge is -2.05. The Bertz CT molecular complexity index is 595. The number of fused-ring (bicyclic) bond motifs is 1. The summed E-state index contributed by atoms with van der Waals surface area (Å²) in [6.45, 7) is 2.26. The number of benzene rings is 1. The predicted molar refractivity (Wildman–Crippen MR) is 67.0 cm³/mol. The van der Waals surface area contributed by atoms with E-state index < -0.39 is 0 Å². The highest BCUT2D eigenvalue weighted by atomic mass is 79.9. The number of nitrogen functional groups attached to an aromatic ring is 1. The van der Waals surface area contributed by atoms with Gasteiger partial charge >= 0.3 is 0 Å². The highest BCUT2D eigenvalue weighted by Gasteiger charge is 2.19. The van der Waals surface area contributed by atoms with Crippen molar-refractivity contribution in [1.29, 1.82) is 0 Å². The molecule has 0 bridgehead atoms. The van der Waals surface area contributed by atoms with Gasteiger partial charge in [0.1, 0.15) is 10.3 Å². The van der Waals surface area contributed by atoms with Crippen molar-refractivity contribution >= 4 is 21.9 Å². The van der Waals surface area contributed by atoms with Gasteiger partial charge in [0.05, 0.1) is 0 Å². The number of anilines is 1. The number of aromatic nitrogens is 2. The number of nitrogens with zero attached hydrogens (tertiary/aromatic N) is 1. The molecular weight excluding hydrogens is 286 g/mol. The highest BCUT2D eigenvalue weighted by Crippen LogP contribution is 2.39. The summed E-state index contributed by atoms with van der Waals surface area (Å²) in [6.07, 6.45) is 0. The van der Waals surface area contributed by atoms with Gasteiger partial charge in [-0.25, -0.2) is 4.98 Å². The summed E-state index contributed by atoms with van der Waals surface area (Å²) >= 11 is 3.40. The first-order valence-electron chi connectivity index (χ1n) is 5.07. The van der Waals surface area contributed by atoms with Crippen molar-refractivity contribution in [2.24, 2.45) is 0 Å². The number of rotatable bonds is 1. The van der Waals surface area contributed by atoms with Crippen LogP contribution < -0.4 is 15.2 Å². The second-order valence-electron chi connectivity index (χ2n) is 3.81. The third-order valence-corrected chi connectivity index (χ3v) is 3.23. The number of aryl methyl sites for hydroxylation is 1. The van der Waals surface area contributed by atoms with E-state index in [1.54, 1.807) is 0 Å². The molecule has 0 unspecified atom stereocenters. The molecule has 1 aromatic heterocycles. The second kappa shape index (κ2) is 3.66. The Balaban J connectivity index is 2.18. The Morgan fingerprint density at radius 3 is 2.71 bits per heavy atom. The Morgan fingerprint density at radius 1 is 1.35 bits per heavy atom. The number of hydrogen-bond acceptors (Lipinski definition) is 4. The maximum absolute atomic E-state index is 5.63. The summed E-state index contributed by atoms with van der Waals surface area (Å²) in [5.74, 6) is 1.88. The molecule has 88 valence electrons. The van der Waals surface area contributed by atoms with E-state index in [4.69, 9.17) is 15.2 Å². The van der Waals surface area contributed by atoms with E-state index in [2.05, 4.69) is 25.9 Å². The monoisotopic (exact) mass is 295 g/mol. The van der Waals surface area contributed by atoms with Crippen LogP contribution in [0.2, 0.25) is 0 Å². The molecule has 0 saturated carbocycles. The van der Waals surface area contributed by atoms with Crippen LogP contribution in [0.4, 0.5) is 5.95 Å². The minimum absolute atomic E-state index is 0.266. The molecule has 3 N–H and O–H groups in total. The van der Waals surface area contributed by atoms with Gasteiger partial charge in [-0.05, 0) is 40.5 Å². The van der Waals surface area contributed by atoms with Gasteiger partial charge in [0, 0.05) is 5.56 Å². The number of ether oxygens (including phenoxy) is 2. The predicted octanol–water partition coefficient (Wildman–Crippen LogP) is 2.46. The topological polar surface area (TPSA) is 73.2 Å². The molecule has 1 aliphatic heterocycles. The minimum atomic E-state index is 0.266. The lowest BCUT2D eigenvalue weighted by molar-refractivity contribution is 0.174. The summed E-state index contributed by atoms with van der Waals surface area (Å²) in [7, 11) is 0. The number of nitrogens with two attached hydrogens (primary N) is 1. The molecule has 2 aromatic rings.